The Morgan fingerprint density at radius 3 is 1.35 bits per heavy atom. The fourth-order valence-electron chi connectivity index (χ4n) is 3.13. The van der Waals surface area contributed by atoms with E-state index in [-0.39, 0.29) is 0 Å². The van der Waals surface area contributed by atoms with Gasteiger partial charge in [-0.2, -0.15) is 0 Å². The molecule has 2 rings (SSSR count). The van der Waals surface area contributed by atoms with Gasteiger partial charge >= 0.3 is 0 Å². The quantitative estimate of drug-likeness (QED) is 0.252. The molecule has 0 saturated heterocycles. The van der Waals surface area contributed by atoms with Crippen LogP contribution in [0.4, 0.5) is 0 Å². The number of hydrogen-bond acceptors (Lipinski definition) is 4. The molecule has 0 aromatic heterocycles. The molecule has 0 atom stereocenters. The second-order valence-corrected chi connectivity index (χ2v) is 11.8. The first-order chi connectivity index (χ1) is 12.8. The summed E-state index contributed by atoms with van der Waals surface area (Å²) in [4.78, 5) is 3.19. The fraction of sp³-hybridized carbons (Fsp3) is 0.727. The Bertz CT molecular complexity index is 446. The van der Waals surface area contributed by atoms with Crippen LogP contribution in [0.15, 0.2) is 29.1 Å². The van der Waals surface area contributed by atoms with Crippen molar-refractivity contribution in [3.8, 4) is 0 Å². The second kappa shape index (κ2) is 14.6. The Kier molecular flexibility index (Phi) is 12.9. The highest BCUT2D eigenvalue weighted by Crippen LogP contribution is 2.56. The maximum absolute atomic E-state index is 2.41. The average molecular weight is 429 g/mol. The zero-order valence-corrected chi connectivity index (χ0v) is 20.0. The lowest BCUT2D eigenvalue weighted by molar-refractivity contribution is 0.610. The van der Waals surface area contributed by atoms with Crippen molar-refractivity contribution in [2.75, 3.05) is 0 Å². The molecule has 0 fully saturated rings. The molecule has 0 bridgehead atoms. The summed E-state index contributed by atoms with van der Waals surface area (Å²) in [5.41, 5.74) is 0. The van der Waals surface area contributed by atoms with Crippen LogP contribution in [0.25, 0.3) is 0 Å². The number of hydrogen-bond donors (Lipinski definition) is 0. The Balaban J connectivity index is 1.56. The van der Waals surface area contributed by atoms with Crippen molar-refractivity contribution in [3.05, 3.63) is 29.1 Å². The smallest absolute Gasteiger partial charge is 0.0697 e. The van der Waals surface area contributed by atoms with Gasteiger partial charge in [0.05, 0.1) is 8.47 Å². The van der Waals surface area contributed by atoms with E-state index in [1.165, 1.54) is 98.4 Å². The Morgan fingerprint density at radius 2 is 0.923 bits per heavy atom. The molecule has 0 aliphatic carbocycles. The molecule has 26 heavy (non-hydrogen) atoms. The van der Waals surface area contributed by atoms with Gasteiger partial charge in [-0.25, -0.2) is 0 Å². The second-order valence-electron chi connectivity index (χ2n) is 7.22. The van der Waals surface area contributed by atoms with Crippen molar-refractivity contribution in [2.24, 2.45) is 0 Å². The van der Waals surface area contributed by atoms with Crippen molar-refractivity contribution < 1.29 is 0 Å². The van der Waals surface area contributed by atoms with Gasteiger partial charge in [0.1, 0.15) is 0 Å². The first-order valence-electron chi connectivity index (χ1n) is 10.6. The highest BCUT2D eigenvalue weighted by Gasteiger charge is 2.21. The summed E-state index contributed by atoms with van der Waals surface area (Å²) in [5, 5.41) is 4.82. The van der Waals surface area contributed by atoms with Gasteiger partial charge in [-0.1, -0.05) is 125 Å². The van der Waals surface area contributed by atoms with Crippen molar-refractivity contribution in [3.63, 3.8) is 0 Å². The van der Waals surface area contributed by atoms with Gasteiger partial charge in [0.2, 0.25) is 0 Å². The Labute approximate surface area is 179 Å². The van der Waals surface area contributed by atoms with E-state index in [0.29, 0.717) is 0 Å². The molecular formula is C22H36S4. The summed E-state index contributed by atoms with van der Waals surface area (Å²) < 4.78 is 3.07. The van der Waals surface area contributed by atoms with Crippen LogP contribution in [0.3, 0.4) is 0 Å². The van der Waals surface area contributed by atoms with Gasteiger partial charge in [-0.3, -0.25) is 0 Å². The lowest BCUT2D eigenvalue weighted by Crippen LogP contribution is -1.80. The van der Waals surface area contributed by atoms with Gasteiger partial charge in [0.25, 0.3) is 0 Å². The largest absolute Gasteiger partial charge is 0.0881 e. The minimum Gasteiger partial charge on any atom is -0.0881 e. The van der Waals surface area contributed by atoms with E-state index in [0.717, 1.165) is 0 Å². The molecule has 2 aliphatic rings. The summed E-state index contributed by atoms with van der Waals surface area (Å²) in [6, 6.07) is 0. The fourth-order valence-corrected chi connectivity index (χ4v) is 8.24. The number of allylic oxidation sites excluding steroid dienone is 2. The predicted octanol–water partition coefficient (Wildman–Crippen LogP) is 10.3. The SMILES string of the molecule is CCCCCCCCC1=CSC(=C2SC=C(CCCCCCCC)S2)S1. The molecule has 148 valence electrons. The lowest BCUT2D eigenvalue weighted by Gasteiger charge is -2.05. The lowest BCUT2D eigenvalue weighted by atomic mass is 10.1. The van der Waals surface area contributed by atoms with Crippen LogP contribution in [0.5, 0.6) is 0 Å². The van der Waals surface area contributed by atoms with Crippen LogP contribution in [-0.4, -0.2) is 0 Å². The van der Waals surface area contributed by atoms with Crippen LogP contribution in [0.2, 0.25) is 0 Å². The molecule has 0 amide bonds. The molecule has 2 aliphatic heterocycles. The van der Waals surface area contributed by atoms with Gasteiger partial charge in [0, 0.05) is 0 Å². The summed E-state index contributed by atoms with van der Waals surface area (Å²) in [5.74, 6) is 0. The van der Waals surface area contributed by atoms with Gasteiger partial charge in [-0.05, 0) is 46.3 Å². The molecule has 0 aromatic carbocycles. The molecule has 0 unspecified atom stereocenters. The summed E-state index contributed by atoms with van der Waals surface area (Å²) in [7, 11) is 0. The molecule has 0 radical (unpaired) electrons. The molecule has 0 saturated carbocycles. The topological polar surface area (TPSA) is 0 Å². The minimum absolute atomic E-state index is 1.29. The zero-order chi connectivity index (χ0) is 18.5. The van der Waals surface area contributed by atoms with Gasteiger partial charge in [-0.15, -0.1) is 0 Å². The van der Waals surface area contributed by atoms with Crippen molar-refractivity contribution in [2.45, 2.75) is 104 Å². The molecule has 4 heteroatoms. The van der Waals surface area contributed by atoms with Gasteiger partial charge in [0.15, 0.2) is 0 Å². The van der Waals surface area contributed by atoms with E-state index in [2.05, 4.69) is 24.7 Å². The first kappa shape index (κ1) is 22.9. The highest BCUT2D eigenvalue weighted by molar-refractivity contribution is 8.33. The van der Waals surface area contributed by atoms with Crippen LogP contribution in [-0.2, 0) is 0 Å². The van der Waals surface area contributed by atoms with E-state index in [1.807, 2.05) is 47.0 Å². The van der Waals surface area contributed by atoms with E-state index in [9.17, 15) is 0 Å². The van der Waals surface area contributed by atoms with E-state index in [1.54, 1.807) is 9.81 Å². The third kappa shape index (κ3) is 9.21. The van der Waals surface area contributed by atoms with Crippen LogP contribution in [0, 0.1) is 0 Å². The summed E-state index contributed by atoms with van der Waals surface area (Å²) in [6.07, 6.45) is 19.3. The minimum atomic E-state index is 1.29. The van der Waals surface area contributed by atoms with Gasteiger partial charge < -0.3 is 0 Å². The summed E-state index contributed by atoms with van der Waals surface area (Å²) in [6.45, 7) is 4.58. The maximum Gasteiger partial charge on any atom is 0.0697 e. The molecule has 0 N–H and O–H groups in total. The predicted molar refractivity (Wildman–Crippen MR) is 130 cm³/mol. The molecule has 0 aromatic rings. The van der Waals surface area contributed by atoms with Crippen molar-refractivity contribution >= 4 is 47.0 Å². The van der Waals surface area contributed by atoms with E-state index in [4.69, 9.17) is 0 Å². The van der Waals surface area contributed by atoms with Crippen molar-refractivity contribution in [1.29, 1.82) is 0 Å². The van der Waals surface area contributed by atoms with Crippen molar-refractivity contribution in [1.82, 2.24) is 0 Å². The average Bonchev–Trinajstić information content (AvgIpc) is 3.30. The number of unbranched alkanes of at least 4 members (excludes halogenated alkanes) is 10. The third-order valence-electron chi connectivity index (χ3n) is 4.76. The van der Waals surface area contributed by atoms with Crippen LogP contribution < -0.4 is 0 Å². The normalized spacial score (nSPS) is 19.9. The van der Waals surface area contributed by atoms with E-state index < -0.39 is 0 Å². The highest BCUT2D eigenvalue weighted by atomic mass is 32.2. The summed E-state index contributed by atoms with van der Waals surface area (Å²) >= 11 is 8.02. The molecule has 0 spiro atoms. The Morgan fingerprint density at radius 1 is 0.538 bits per heavy atom. The monoisotopic (exact) mass is 428 g/mol. The zero-order valence-electron chi connectivity index (χ0n) is 16.7. The first-order valence-corrected chi connectivity index (χ1v) is 14.0. The van der Waals surface area contributed by atoms with Crippen LogP contribution in [0.1, 0.15) is 104 Å². The maximum atomic E-state index is 2.41. The van der Waals surface area contributed by atoms with E-state index >= 15 is 0 Å². The van der Waals surface area contributed by atoms with Crippen LogP contribution >= 0.6 is 47.0 Å². The molecule has 2 heterocycles. The number of thioether (sulfide) groups is 4. The standard InChI is InChI=1S/C22H36S4/c1-3-5-7-9-11-13-15-19-17-23-21(25-19)22-24-18-20(26-22)16-14-12-10-8-6-4-2/h17-18H,3-16H2,1-2H3. The third-order valence-corrected chi connectivity index (χ3v) is 10.2. The number of rotatable bonds is 14. The Hall–Kier alpha value is 0.620. The molecule has 0 nitrogen and oxygen atoms in total. The molecular weight excluding hydrogens is 393 g/mol.